The van der Waals surface area contributed by atoms with Crippen LogP contribution in [0.5, 0.6) is 0 Å². The van der Waals surface area contributed by atoms with Crippen molar-refractivity contribution in [2.45, 2.75) is 13.0 Å². The molecule has 1 aliphatic rings. The van der Waals surface area contributed by atoms with Crippen LogP contribution < -0.4 is 21.5 Å². The fraction of sp³-hybridized carbons (Fsp3) is 0.417. The number of aromatic amines is 1. The predicted octanol–water partition coefficient (Wildman–Crippen LogP) is -0.166. The molecule has 2 atom stereocenters. The van der Waals surface area contributed by atoms with Gasteiger partial charge in [0.1, 0.15) is 18.4 Å². The molecule has 12 heteroatoms. The molecule has 0 saturated heterocycles. The van der Waals surface area contributed by atoms with Gasteiger partial charge in [-0.15, -0.1) is 0 Å². The fourth-order valence-electron chi connectivity index (χ4n) is 2.36. The van der Waals surface area contributed by atoms with Gasteiger partial charge in [0.25, 0.3) is 5.56 Å². The van der Waals surface area contributed by atoms with Gasteiger partial charge in [-0.25, -0.2) is 4.98 Å². The van der Waals surface area contributed by atoms with Crippen LogP contribution in [0.25, 0.3) is 0 Å². The van der Waals surface area contributed by atoms with E-state index in [4.69, 9.17) is 10.5 Å². The molecule has 0 fully saturated rings. The van der Waals surface area contributed by atoms with Crippen LogP contribution >= 0.6 is 7.52 Å². The van der Waals surface area contributed by atoms with Crippen LogP contribution in [0.15, 0.2) is 23.5 Å². The van der Waals surface area contributed by atoms with Gasteiger partial charge in [-0.3, -0.25) is 18.7 Å². The van der Waals surface area contributed by atoms with Gasteiger partial charge in [-0.05, 0) is 6.92 Å². The Morgan fingerprint density at radius 2 is 2.38 bits per heavy atom. The lowest BCUT2D eigenvalue weighted by atomic mass is 10.3. The number of ether oxygens (including phenoxy) is 1. The average molecular weight is 355 g/mol. The summed E-state index contributed by atoms with van der Waals surface area (Å²) in [6.07, 6.45) is 3.39. The van der Waals surface area contributed by atoms with Crippen molar-refractivity contribution in [1.82, 2.24) is 19.3 Å². The molecule has 0 radical (unpaired) electrons. The molecule has 3 heterocycles. The van der Waals surface area contributed by atoms with E-state index in [1.54, 1.807) is 11.8 Å². The SMILES string of the molecule is CC(CN1CNc2c1nc(N)[nH]c2=O)OCP(=O)(O)n1ccnc1. The smallest absolute Gasteiger partial charge is 0.323 e. The predicted molar refractivity (Wildman–Crippen MR) is 88.0 cm³/mol. The summed E-state index contributed by atoms with van der Waals surface area (Å²) in [7, 11) is -3.67. The summed E-state index contributed by atoms with van der Waals surface area (Å²) >= 11 is 0. The van der Waals surface area contributed by atoms with Crippen LogP contribution in [0.4, 0.5) is 17.5 Å². The first-order valence-corrected chi connectivity index (χ1v) is 8.97. The van der Waals surface area contributed by atoms with E-state index < -0.39 is 7.52 Å². The normalized spacial score (nSPS) is 17.2. The second-order valence-corrected chi connectivity index (χ2v) is 7.47. The van der Waals surface area contributed by atoms with Crippen LogP contribution in [0.3, 0.4) is 0 Å². The lowest BCUT2D eigenvalue weighted by Crippen LogP contribution is -2.33. The summed E-state index contributed by atoms with van der Waals surface area (Å²) in [5, 5.41) is 2.94. The second kappa shape index (κ2) is 6.27. The summed E-state index contributed by atoms with van der Waals surface area (Å²) in [6.45, 7) is 2.52. The van der Waals surface area contributed by atoms with E-state index in [9.17, 15) is 14.3 Å². The highest BCUT2D eigenvalue weighted by molar-refractivity contribution is 7.56. The van der Waals surface area contributed by atoms with Crippen molar-refractivity contribution < 1.29 is 14.2 Å². The molecule has 0 aromatic carbocycles. The van der Waals surface area contributed by atoms with E-state index in [2.05, 4.69) is 20.3 Å². The third kappa shape index (κ3) is 3.28. The molecule has 0 spiro atoms. The lowest BCUT2D eigenvalue weighted by Gasteiger charge is -2.23. The van der Waals surface area contributed by atoms with Gasteiger partial charge in [-0.1, -0.05) is 0 Å². The monoisotopic (exact) mass is 355 g/mol. The molecule has 130 valence electrons. The zero-order chi connectivity index (χ0) is 17.3. The number of aromatic nitrogens is 4. The van der Waals surface area contributed by atoms with Crippen molar-refractivity contribution in [2.75, 3.05) is 35.5 Å². The Balaban J connectivity index is 1.62. The zero-order valence-electron chi connectivity index (χ0n) is 12.9. The molecule has 2 unspecified atom stereocenters. The van der Waals surface area contributed by atoms with E-state index in [1.165, 1.54) is 18.7 Å². The van der Waals surface area contributed by atoms with Crippen molar-refractivity contribution in [3.05, 3.63) is 29.1 Å². The molecule has 5 N–H and O–H groups in total. The number of hydrogen-bond acceptors (Lipinski definition) is 8. The number of rotatable bonds is 6. The second-order valence-electron chi connectivity index (χ2n) is 5.42. The summed E-state index contributed by atoms with van der Waals surface area (Å²) < 4.78 is 18.8. The third-order valence-corrected chi connectivity index (χ3v) is 4.96. The maximum Gasteiger partial charge on any atom is 0.323 e. The van der Waals surface area contributed by atoms with Crippen molar-refractivity contribution in [1.29, 1.82) is 0 Å². The lowest BCUT2D eigenvalue weighted by molar-refractivity contribution is 0.0992. The van der Waals surface area contributed by atoms with Crippen LogP contribution in [-0.4, -0.2) is 49.8 Å². The third-order valence-electron chi connectivity index (χ3n) is 3.52. The minimum Gasteiger partial charge on any atom is -0.369 e. The van der Waals surface area contributed by atoms with Gasteiger partial charge in [0.2, 0.25) is 5.95 Å². The van der Waals surface area contributed by atoms with Gasteiger partial charge in [0.05, 0.1) is 12.8 Å². The highest BCUT2D eigenvalue weighted by Crippen LogP contribution is 2.41. The minimum atomic E-state index is -3.67. The summed E-state index contributed by atoms with van der Waals surface area (Å²) in [6, 6.07) is 0. The molecule has 0 amide bonds. The number of nitrogen functional groups attached to an aromatic ring is 1. The number of anilines is 3. The van der Waals surface area contributed by atoms with Crippen molar-refractivity contribution in [3.8, 4) is 0 Å². The van der Waals surface area contributed by atoms with Crippen molar-refractivity contribution in [3.63, 3.8) is 0 Å². The molecule has 11 nitrogen and oxygen atoms in total. The van der Waals surface area contributed by atoms with Crippen LogP contribution in [0.2, 0.25) is 0 Å². The highest BCUT2D eigenvalue weighted by atomic mass is 31.2. The molecular formula is C12H18N7O4P. The molecule has 0 bridgehead atoms. The Morgan fingerprint density at radius 3 is 3.08 bits per heavy atom. The first-order chi connectivity index (χ1) is 11.4. The number of nitrogens with zero attached hydrogens (tertiary/aromatic N) is 4. The summed E-state index contributed by atoms with van der Waals surface area (Å²) in [5.74, 6) is 0.467. The van der Waals surface area contributed by atoms with Crippen molar-refractivity contribution >= 4 is 25.0 Å². The minimum absolute atomic E-state index is 0.0287. The van der Waals surface area contributed by atoms with Gasteiger partial charge < -0.3 is 25.6 Å². The fourth-order valence-corrected chi connectivity index (χ4v) is 3.43. The zero-order valence-corrected chi connectivity index (χ0v) is 13.8. The molecule has 0 saturated carbocycles. The first-order valence-electron chi connectivity index (χ1n) is 7.17. The molecule has 3 rings (SSSR count). The number of fused-ring (bicyclic) bond motifs is 1. The number of hydrogen-bond donors (Lipinski definition) is 4. The standard InChI is InChI=1S/C12H18N7O4P/c1-8(23-7-24(21,22)19-3-2-14-5-19)4-18-6-15-9-10(18)16-12(13)17-11(9)20/h2-3,5,8,15H,4,6-7H2,1H3,(H,21,22)(H3,13,16,17,20). The Kier molecular flexibility index (Phi) is 4.31. The van der Waals surface area contributed by atoms with E-state index in [0.29, 0.717) is 24.7 Å². The average Bonchev–Trinajstić information content (AvgIpc) is 3.16. The molecule has 24 heavy (non-hydrogen) atoms. The highest BCUT2D eigenvalue weighted by Gasteiger charge is 2.27. The number of nitrogens with two attached hydrogens (primary N) is 1. The number of H-pyrrole nitrogens is 1. The molecule has 0 aliphatic carbocycles. The van der Waals surface area contributed by atoms with Crippen LogP contribution in [0, 0.1) is 0 Å². The van der Waals surface area contributed by atoms with Crippen LogP contribution in [-0.2, 0) is 9.30 Å². The molecular weight excluding hydrogens is 337 g/mol. The quantitative estimate of drug-likeness (QED) is 0.518. The Labute approximate surface area is 137 Å². The maximum atomic E-state index is 12.2. The van der Waals surface area contributed by atoms with Gasteiger partial charge >= 0.3 is 7.52 Å². The van der Waals surface area contributed by atoms with Gasteiger partial charge in [0.15, 0.2) is 5.82 Å². The van der Waals surface area contributed by atoms with Gasteiger partial charge in [-0.2, -0.15) is 4.98 Å². The molecule has 2 aromatic rings. The van der Waals surface area contributed by atoms with E-state index >= 15 is 0 Å². The van der Waals surface area contributed by atoms with Crippen LogP contribution in [0.1, 0.15) is 6.92 Å². The summed E-state index contributed by atoms with van der Waals surface area (Å²) in [5.41, 5.74) is 5.57. The molecule has 1 aliphatic heterocycles. The van der Waals surface area contributed by atoms with Gasteiger partial charge in [0, 0.05) is 18.9 Å². The number of nitrogens with one attached hydrogen (secondary N) is 2. The maximum absolute atomic E-state index is 12.2. The topological polar surface area (TPSA) is 151 Å². The number of imidazole rings is 1. The van der Waals surface area contributed by atoms with E-state index in [0.717, 1.165) is 4.34 Å². The van der Waals surface area contributed by atoms with E-state index in [-0.39, 0.29) is 24.0 Å². The van der Waals surface area contributed by atoms with E-state index in [1.807, 2.05) is 0 Å². The van der Waals surface area contributed by atoms with Crippen molar-refractivity contribution in [2.24, 2.45) is 0 Å². The Hall–Kier alpha value is -2.36. The Morgan fingerprint density at radius 1 is 1.58 bits per heavy atom. The molecule has 2 aromatic heterocycles. The Bertz CT molecular complexity index is 821. The summed E-state index contributed by atoms with van der Waals surface area (Å²) in [4.78, 5) is 33.8. The largest absolute Gasteiger partial charge is 0.369 e. The first kappa shape index (κ1) is 16.5.